The van der Waals surface area contributed by atoms with E-state index < -0.39 is 16.0 Å². The van der Waals surface area contributed by atoms with E-state index in [4.69, 9.17) is 4.74 Å². The third-order valence-electron chi connectivity index (χ3n) is 4.72. The number of sulfonamides is 1. The number of Topliss-reactive ketones (excluding diaryl/α,β-unsaturated/α-hetero) is 1. The average Bonchev–Trinajstić information content (AvgIpc) is 2.80. The molecule has 0 amide bonds. The second-order valence-corrected chi connectivity index (χ2v) is 8.58. The van der Waals surface area contributed by atoms with Crippen LogP contribution in [0.15, 0.2) is 83.8 Å². The van der Waals surface area contributed by atoms with Gasteiger partial charge in [-0.25, -0.2) is 13.2 Å². The highest BCUT2D eigenvalue weighted by Crippen LogP contribution is 2.24. The van der Waals surface area contributed by atoms with Gasteiger partial charge in [0.1, 0.15) is 5.75 Å². The van der Waals surface area contributed by atoms with Crippen molar-refractivity contribution in [2.75, 3.05) is 10.8 Å². The Kier molecular flexibility index (Phi) is 6.87. The van der Waals surface area contributed by atoms with E-state index in [2.05, 4.69) is 0 Å². The Morgan fingerprint density at radius 1 is 0.806 bits per heavy atom. The average molecular weight is 438 g/mol. The van der Waals surface area contributed by atoms with Gasteiger partial charge in [0.05, 0.1) is 16.1 Å². The van der Waals surface area contributed by atoms with E-state index >= 15 is 0 Å². The maximum absolute atomic E-state index is 13.0. The van der Waals surface area contributed by atoms with E-state index in [-0.39, 0.29) is 22.8 Å². The Morgan fingerprint density at radius 2 is 1.39 bits per heavy atom. The summed E-state index contributed by atoms with van der Waals surface area (Å²) >= 11 is 0. The van der Waals surface area contributed by atoms with Gasteiger partial charge in [0.2, 0.25) is 0 Å². The molecule has 6 nitrogen and oxygen atoms in total. The van der Waals surface area contributed by atoms with Gasteiger partial charge in [0, 0.05) is 18.5 Å². The fraction of sp³-hybridized carbons (Fsp3) is 0.167. The van der Waals surface area contributed by atoms with Crippen LogP contribution in [0.3, 0.4) is 0 Å². The third-order valence-corrected chi connectivity index (χ3v) is 6.63. The van der Waals surface area contributed by atoms with E-state index in [1.807, 2.05) is 6.07 Å². The van der Waals surface area contributed by atoms with Crippen LogP contribution in [0.2, 0.25) is 0 Å². The van der Waals surface area contributed by atoms with Crippen molar-refractivity contribution in [3.8, 4) is 5.75 Å². The number of hydrogen-bond acceptors (Lipinski definition) is 5. The smallest absolute Gasteiger partial charge is 0.343 e. The molecule has 0 aliphatic carbocycles. The first-order valence-electron chi connectivity index (χ1n) is 9.90. The number of hydrogen-bond donors (Lipinski definition) is 0. The molecule has 0 heterocycles. The van der Waals surface area contributed by atoms with E-state index in [0.717, 1.165) is 0 Å². The summed E-state index contributed by atoms with van der Waals surface area (Å²) in [6.07, 6.45) is 0.397. The van der Waals surface area contributed by atoms with Gasteiger partial charge in [0.15, 0.2) is 5.78 Å². The highest BCUT2D eigenvalue weighted by atomic mass is 32.2. The fourth-order valence-corrected chi connectivity index (χ4v) is 4.53. The molecule has 160 valence electrons. The molecule has 0 spiro atoms. The van der Waals surface area contributed by atoms with Gasteiger partial charge >= 0.3 is 5.97 Å². The second-order valence-electron chi connectivity index (χ2n) is 6.72. The quantitative estimate of drug-likeness (QED) is 0.290. The molecule has 0 N–H and O–H groups in total. The number of rotatable bonds is 8. The number of benzene rings is 3. The maximum atomic E-state index is 13.0. The lowest BCUT2D eigenvalue weighted by molar-refractivity contribution is 0.0734. The van der Waals surface area contributed by atoms with Gasteiger partial charge in [-0.1, -0.05) is 25.1 Å². The third kappa shape index (κ3) is 5.00. The zero-order valence-electron chi connectivity index (χ0n) is 17.3. The molecule has 0 saturated heterocycles. The predicted octanol–water partition coefficient (Wildman–Crippen LogP) is 4.71. The first-order chi connectivity index (χ1) is 14.9. The number of ketones is 1. The first-order valence-corrected chi connectivity index (χ1v) is 11.3. The molecule has 0 aromatic heterocycles. The molecule has 0 aliphatic heterocycles. The number of carbonyl (C=O) groups excluding carboxylic acids is 2. The van der Waals surface area contributed by atoms with Crippen LogP contribution in [-0.4, -0.2) is 26.7 Å². The van der Waals surface area contributed by atoms with Crippen molar-refractivity contribution in [3.63, 3.8) is 0 Å². The molecule has 0 unspecified atom stereocenters. The Bertz CT molecular complexity index is 1150. The van der Waals surface area contributed by atoms with Crippen molar-refractivity contribution >= 4 is 27.5 Å². The van der Waals surface area contributed by atoms with Crippen molar-refractivity contribution in [2.24, 2.45) is 0 Å². The van der Waals surface area contributed by atoms with Crippen LogP contribution in [0, 0.1) is 0 Å². The van der Waals surface area contributed by atoms with Gasteiger partial charge < -0.3 is 4.74 Å². The predicted molar refractivity (Wildman–Crippen MR) is 119 cm³/mol. The zero-order valence-corrected chi connectivity index (χ0v) is 18.1. The van der Waals surface area contributed by atoms with Gasteiger partial charge in [-0.3, -0.25) is 9.10 Å². The van der Waals surface area contributed by atoms with Crippen LogP contribution in [0.1, 0.15) is 41.0 Å². The standard InChI is InChI=1S/C24H23NO5S/c1-3-23(26)18-10-14-21(15-11-18)30-24(27)19-12-16-22(17-13-19)31(28,29)25(4-2)20-8-6-5-7-9-20/h5-17H,3-4H2,1-2H3. The number of nitrogens with zero attached hydrogens (tertiary/aromatic N) is 1. The highest BCUT2D eigenvalue weighted by Gasteiger charge is 2.24. The molecule has 0 bridgehead atoms. The van der Waals surface area contributed by atoms with Crippen LogP contribution in [-0.2, 0) is 10.0 Å². The SMILES string of the molecule is CCC(=O)c1ccc(OC(=O)c2ccc(S(=O)(=O)N(CC)c3ccccc3)cc2)cc1. The van der Waals surface area contributed by atoms with E-state index in [0.29, 0.717) is 23.4 Å². The number of para-hydroxylation sites is 1. The lowest BCUT2D eigenvalue weighted by atomic mass is 10.1. The summed E-state index contributed by atoms with van der Waals surface area (Å²) in [6, 6.07) is 20.8. The summed E-state index contributed by atoms with van der Waals surface area (Å²) < 4.78 is 32.7. The Balaban J connectivity index is 1.76. The highest BCUT2D eigenvalue weighted by molar-refractivity contribution is 7.92. The summed E-state index contributed by atoms with van der Waals surface area (Å²) in [5, 5.41) is 0. The van der Waals surface area contributed by atoms with Crippen LogP contribution < -0.4 is 9.04 Å². The molecule has 0 fully saturated rings. The van der Waals surface area contributed by atoms with Crippen molar-refractivity contribution in [1.29, 1.82) is 0 Å². The van der Waals surface area contributed by atoms with Crippen LogP contribution >= 0.6 is 0 Å². The normalized spacial score (nSPS) is 11.0. The van der Waals surface area contributed by atoms with E-state index in [1.54, 1.807) is 62.4 Å². The number of carbonyl (C=O) groups is 2. The van der Waals surface area contributed by atoms with Gasteiger partial charge in [-0.15, -0.1) is 0 Å². The Hall–Kier alpha value is -3.45. The summed E-state index contributed by atoms with van der Waals surface area (Å²) in [7, 11) is -3.77. The van der Waals surface area contributed by atoms with Crippen LogP contribution in [0.4, 0.5) is 5.69 Å². The largest absolute Gasteiger partial charge is 0.423 e. The molecular weight excluding hydrogens is 414 g/mol. The van der Waals surface area contributed by atoms with Crippen LogP contribution in [0.5, 0.6) is 5.75 Å². The number of esters is 1. The molecule has 0 aliphatic rings. The van der Waals surface area contributed by atoms with Gasteiger partial charge in [-0.2, -0.15) is 0 Å². The monoisotopic (exact) mass is 437 g/mol. The van der Waals surface area contributed by atoms with E-state index in [9.17, 15) is 18.0 Å². The minimum absolute atomic E-state index is 0.00583. The van der Waals surface area contributed by atoms with E-state index in [1.165, 1.54) is 28.6 Å². The first kappa shape index (κ1) is 22.2. The minimum Gasteiger partial charge on any atom is -0.423 e. The van der Waals surface area contributed by atoms with Crippen molar-refractivity contribution in [3.05, 3.63) is 90.0 Å². The number of ether oxygens (including phenoxy) is 1. The summed E-state index contributed by atoms with van der Waals surface area (Å²) in [5.41, 5.74) is 1.34. The van der Waals surface area contributed by atoms with Crippen molar-refractivity contribution in [2.45, 2.75) is 25.2 Å². The molecule has 3 aromatic rings. The molecular formula is C24H23NO5S. The molecule has 0 atom stereocenters. The van der Waals surface area contributed by atoms with Crippen molar-refractivity contribution < 1.29 is 22.7 Å². The summed E-state index contributed by atoms with van der Waals surface area (Å²) in [6.45, 7) is 3.81. The molecule has 3 rings (SSSR count). The Morgan fingerprint density at radius 3 is 1.94 bits per heavy atom. The maximum Gasteiger partial charge on any atom is 0.343 e. The zero-order chi connectivity index (χ0) is 22.4. The lowest BCUT2D eigenvalue weighted by Gasteiger charge is -2.22. The summed E-state index contributed by atoms with van der Waals surface area (Å²) in [4.78, 5) is 24.2. The molecule has 7 heteroatoms. The second kappa shape index (κ2) is 9.57. The molecule has 31 heavy (non-hydrogen) atoms. The van der Waals surface area contributed by atoms with Gasteiger partial charge in [0.25, 0.3) is 10.0 Å². The van der Waals surface area contributed by atoms with Crippen molar-refractivity contribution in [1.82, 2.24) is 0 Å². The van der Waals surface area contributed by atoms with Crippen LogP contribution in [0.25, 0.3) is 0 Å². The molecule has 0 saturated carbocycles. The summed E-state index contributed by atoms with van der Waals surface area (Å²) in [5.74, 6) is -0.309. The molecule has 0 radical (unpaired) electrons. The minimum atomic E-state index is -3.77. The molecule has 3 aromatic carbocycles. The fourth-order valence-electron chi connectivity index (χ4n) is 3.05. The topological polar surface area (TPSA) is 80.8 Å². The van der Waals surface area contributed by atoms with Gasteiger partial charge in [-0.05, 0) is 67.6 Å². The lowest BCUT2D eigenvalue weighted by Crippen LogP contribution is -2.30. The number of anilines is 1. The Labute approximate surface area is 182 Å².